The third kappa shape index (κ3) is 1.26. The molecular formula is C12H7Cl3O. The molecule has 3 rings (SSSR count). The summed E-state index contributed by atoms with van der Waals surface area (Å²) in [6, 6.07) is 3.82. The lowest BCUT2D eigenvalue weighted by atomic mass is 10.0. The van der Waals surface area contributed by atoms with Gasteiger partial charge in [0.25, 0.3) is 0 Å². The van der Waals surface area contributed by atoms with Crippen LogP contribution in [-0.2, 0) is 6.42 Å². The smallest absolute Gasteiger partial charge is 0.178 e. The first-order valence-corrected chi connectivity index (χ1v) is 6.08. The molecule has 82 valence electrons. The van der Waals surface area contributed by atoms with Gasteiger partial charge in [-0.3, -0.25) is 0 Å². The maximum Gasteiger partial charge on any atom is 0.178 e. The molecule has 0 aliphatic carbocycles. The predicted octanol–water partition coefficient (Wildman–Crippen LogP) is 5.47. The van der Waals surface area contributed by atoms with Crippen molar-refractivity contribution in [1.82, 2.24) is 0 Å². The quantitative estimate of drug-likeness (QED) is 0.423. The Labute approximate surface area is 108 Å². The molecule has 1 heterocycles. The highest BCUT2D eigenvalue weighted by Crippen LogP contribution is 2.55. The molecule has 0 atom stereocenters. The Balaban J connectivity index is 2.54. The second-order valence-electron chi connectivity index (χ2n) is 3.69. The summed E-state index contributed by atoms with van der Waals surface area (Å²) in [6.07, 6.45) is 0.798. The lowest BCUT2D eigenvalue weighted by molar-refractivity contribution is 0.653. The Morgan fingerprint density at radius 3 is 2.50 bits per heavy atom. The highest BCUT2D eigenvalue weighted by Gasteiger charge is 2.28. The Hall–Kier alpha value is -0.630. The van der Waals surface area contributed by atoms with Crippen molar-refractivity contribution in [2.75, 3.05) is 0 Å². The average molecular weight is 274 g/mol. The normalized spacial score (nSPS) is 12.5. The van der Waals surface area contributed by atoms with Gasteiger partial charge in [0.15, 0.2) is 11.5 Å². The Morgan fingerprint density at radius 2 is 1.81 bits per heavy atom. The molecule has 4 heteroatoms. The second kappa shape index (κ2) is 3.43. The van der Waals surface area contributed by atoms with Gasteiger partial charge in [0.2, 0.25) is 0 Å². The highest BCUT2D eigenvalue weighted by atomic mass is 35.5. The standard InChI is InChI=1S/C12H7Cl3O/c1-2-5-8-6(3-4-7-12(8)16-7)10(14)11(15)9(5)13/h3-4H,2H2,1H3. The van der Waals surface area contributed by atoms with E-state index in [1.165, 1.54) is 0 Å². The average Bonchev–Trinajstić information content (AvgIpc) is 3.06. The van der Waals surface area contributed by atoms with Gasteiger partial charge >= 0.3 is 0 Å². The van der Waals surface area contributed by atoms with Crippen LogP contribution in [0.1, 0.15) is 12.5 Å². The van der Waals surface area contributed by atoms with Gasteiger partial charge in [-0.05, 0) is 24.1 Å². The van der Waals surface area contributed by atoms with Crippen molar-refractivity contribution < 1.29 is 4.74 Å². The number of hydrogen-bond donors (Lipinski definition) is 0. The summed E-state index contributed by atoms with van der Waals surface area (Å²) in [5.74, 6) is 1.78. The van der Waals surface area contributed by atoms with E-state index in [0.29, 0.717) is 15.1 Å². The third-order valence-corrected chi connectivity index (χ3v) is 4.22. The first-order valence-electron chi connectivity index (χ1n) is 4.95. The van der Waals surface area contributed by atoms with Crippen molar-refractivity contribution >= 4 is 45.6 Å². The van der Waals surface area contributed by atoms with Crippen molar-refractivity contribution in [1.29, 1.82) is 0 Å². The van der Waals surface area contributed by atoms with Gasteiger partial charge in [0.1, 0.15) is 0 Å². The predicted molar refractivity (Wildman–Crippen MR) is 68.4 cm³/mol. The van der Waals surface area contributed by atoms with Gasteiger partial charge < -0.3 is 4.74 Å². The van der Waals surface area contributed by atoms with Gasteiger partial charge in [-0.15, -0.1) is 0 Å². The maximum atomic E-state index is 6.20. The van der Waals surface area contributed by atoms with E-state index in [1.54, 1.807) is 0 Å². The molecule has 0 bridgehead atoms. The molecule has 0 saturated carbocycles. The largest absolute Gasteiger partial charge is 0.449 e. The molecule has 0 unspecified atom stereocenters. The minimum atomic E-state index is 0.424. The molecule has 1 aliphatic heterocycles. The van der Waals surface area contributed by atoms with E-state index in [0.717, 1.165) is 34.3 Å². The van der Waals surface area contributed by atoms with E-state index in [4.69, 9.17) is 39.5 Å². The van der Waals surface area contributed by atoms with Crippen molar-refractivity contribution in [3.8, 4) is 11.5 Å². The Bertz CT molecular complexity index is 620. The van der Waals surface area contributed by atoms with Gasteiger partial charge in [-0.2, -0.15) is 0 Å². The summed E-state index contributed by atoms with van der Waals surface area (Å²) >= 11 is 18.5. The van der Waals surface area contributed by atoms with Crippen LogP contribution < -0.4 is 4.74 Å². The fourth-order valence-corrected chi connectivity index (χ4v) is 2.84. The zero-order valence-corrected chi connectivity index (χ0v) is 10.7. The molecule has 2 aromatic carbocycles. The molecule has 16 heavy (non-hydrogen) atoms. The molecule has 0 amide bonds. The fourth-order valence-electron chi connectivity index (χ4n) is 2.00. The minimum Gasteiger partial charge on any atom is -0.449 e. The van der Waals surface area contributed by atoms with E-state index in [1.807, 2.05) is 19.1 Å². The second-order valence-corrected chi connectivity index (χ2v) is 4.83. The zero-order chi connectivity index (χ0) is 11.4. The number of rotatable bonds is 1. The molecule has 0 radical (unpaired) electrons. The Kier molecular flexibility index (Phi) is 2.25. The Morgan fingerprint density at radius 1 is 1.06 bits per heavy atom. The van der Waals surface area contributed by atoms with E-state index >= 15 is 0 Å². The van der Waals surface area contributed by atoms with Gasteiger partial charge in [0, 0.05) is 10.8 Å². The van der Waals surface area contributed by atoms with Crippen molar-refractivity contribution in [2.45, 2.75) is 13.3 Å². The molecule has 0 aromatic heterocycles. The molecule has 0 spiro atoms. The van der Waals surface area contributed by atoms with Crippen LogP contribution in [0.2, 0.25) is 15.1 Å². The van der Waals surface area contributed by atoms with Crippen LogP contribution in [0.5, 0.6) is 11.5 Å². The van der Waals surface area contributed by atoms with Crippen LogP contribution in [-0.4, -0.2) is 0 Å². The van der Waals surface area contributed by atoms with E-state index in [-0.39, 0.29) is 0 Å². The van der Waals surface area contributed by atoms with Crippen LogP contribution in [0, 0.1) is 0 Å². The van der Waals surface area contributed by atoms with E-state index in [2.05, 4.69) is 0 Å². The number of ether oxygens (including phenoxy) is 1. The summed E-state index contributed by atoms with van der Waals surface area (Å²) in [5.41, 5.74) is 1.00. The first-order chi connectivity index (χ1) is 7.65. The highest BCUT2D eigenvalue weighted by molar-refractivity contribution is 6.51. The summed E-state index contributed by atoms with van der Waals surface area (Å²) < 4.78 is 5.38. The van der Waals surface area contributed by atoms with Crippen LogP contribution >= 0.6 is 34.8 Å². The van der Waals surface area contributed by atoms with Crippen molar-refractivity contribution in [3.05, 3.63) is 32.8 Å². The van der Waals surface area contributed by atoms with Crippen LogP contribution in [0.25, 0.3) is 10.8 Å². The number of halogens is 3. The van der Waals surface area contributed by atoms with Crippen LogP contribution in [0.4, 0.5) is 0 Å². The number of benzene rings is 2. The van der Waals surface area contributed by atoms with Gasteiger partial charge in [-0.1, -0.05) is 41.7 Å². The van der Waals surface area contributed by atoms with Gasteiger partial charge in [-0.25, -0.2) is 0 Å². The summed E-state index contributed by atoms with van der Waals surface area (Å²) in [4.78, 5) is 0. The lowest BCUT2D eigenvalue weighted by Crippen LogP contribution is -1.87. The van der Waals surface area contributed by atoms with Gasteiger partial charge in [0.05, 0.1) is 15.1 Å². The van der Waals surface area contributed by atoms with E-state index in [9.17, 15) is 0 Å². The number of fused-ring (bicyclic) bond motifs is 3. The SMILES string of the molecule is CCc1c(Cl)c(Cl)c(Cl)c2ccc3c(c12)O3. The number of hydrogen-bond acceptors (Lipinski definition) is 1. The molecule has 0 saturated heterocycles. The lowest BCUT2D eigenvalue weighted by Gasteiger charge is -2.09. The summed E-state index contributed by atoms with van der Waals surface area (Å²) in [6.45, 7) is 2.03. The molecule has 0 fully saturated rings. The van der Waals surface area contributed by atoms with Crippen molar-refractivity contribution in [3.63, 3.8) is 0 Å². The third-order valence-electron chi connectivity index (χ3n) is 2.83. The zero-order valence-electron chi connectivity index (χ0n) is 8.40. The fraction of sp³-hybridized carbons (Fsp3) is 0.167. The maximum absolute atomic E-state index is 6.20. The molecule has 0 N–H and O–H groups in total. The minimum absolute atomic E-state index is 0.424. The van der Waals surface area contributed by atoms with Crippen LogP contribution in [0.15, 0.2) is 12.1 Å². The number of aryl methyl sites for hydroxylation is 1. The summed E-state index contributed by atoms with van der Waals surface area (Å²) in [5, 5.41) is 3.36. The molecule has 1 aliphatic rings. The molecule has 1 nitrogen and oxygen atoms in total. The van der Waals surface area contributed by atoms with E-state index < -0.39 is 0 Å². The topological polar surface area (TPSA) is 12.5 Å². The summed E-state index contributed by atoms with van der Waals surface area (Å²) in [7, 11) is 0. The van der Waals surface area contributed by atoms with Crippen LogP contribution in [0.3, 0.4) is 0 Å². The first kappa shape index (κ1) is 10.5. The molecular weight excluding hydrogens is 266 g/mol. The molecule has 2 aromatic rings. The monoisotopic (exact) mass is 272 g/mol. The van der Waals surface area contributed by atoms with Crippen molar-refractivity contribution in [2.24, 2.45) is 0 Å².